The summed E-state index contributed by atoms with van der Waals surface area (Å²) in [6.07, 6.45) is -3.01. The third-order valence-electron chi connectivity index (χ3n) is 4.33. The number of sulfonamides is 1. The van der Waals surface area contributed by atoms with Gasteiger partial charge in [0.15, 0.2) is 6.61 Å². The van der Waals surface area contributed by atoms with E-state index in [4.69, 9.17) is 4.74 Å². The van der Waals surface area contributed by atoms with Gasteiger partial charge in [-0.3, -0.25) is 4.79 Å². The summed E-state index contributed by atoms with van der Waals surface area (Å²) in [5.41, 5.74) is -0.770. The maximum atomic E-state index is 12.7. The first-order valence-corrected chi connectivity index (χ1v) is 11.1. The van der Waals surface area contributed by atoms with Crippen LogP contribution in [0.15, 0.2) is 40.6 Å². The zero-order chi connectivity index (χ0) is 21.9. The number of nitrogens with one attached hydrogen (secondary N) is 1. The van der Waals surface area contributed by atoms with Crippen molar-refractivity contribution in [1.29, 1.82) is 0 Å². The lowest BCUT2D eigenvalue weighted by Gasteiger charge is -2.15. The molecule has 0 bridgehead atoms. The Balaban J connectivity index is 1.60. The molecule has 0 aliphatic carbocycles. The minimum atomic E-state index is -4.49. The van der Waals surface area contributed by atoms with Gasteiger partial charge >= 0.3 is 12.1 Å². The van der Waals surface area contributed by atoms with Crippen molar-refractivity contribution in [2.45, 2.75) is 23.9 Å². The quantitative estimate of drug-likeness (QED) is 0.665. The Morgan fingerprint density at radius 3 is 2.33 bits per heavy atom. The summed E-state index contributed by atoms with van der Waals surface area (Å²) >= 11 is 0.884. The predicted molar refractivity (Wildman–Crippen MR) is 103 cm³/mol. The van der Waals surface area contributed by atoms with Crippen LogP contribution in [0.1, 0.15) is 28.1 Å². The number of carbonyl (C=O) groups excluding carboxylic acids is 2. The van der Waals surface area contributed by atoms with Crippen molar-refractivity contribution >= 4 is 38.9 Å². The van der Waals surface area contributed by atoms with Gasteiger partial charge in [-0.1, -0.05) is 0 Å². The number of alkyl halides is 3. The number of hydrogen-bond donors (Lipinski definition) is 1. The first-order chi connectivity index (χ1) is 14.1. The maximum Gasteiger partial charge on any atom is 0.416 e. The fourth-order valence-corrected chi connectivity index (χ4v) is 5.65. The van der Waals surface area contributed by atoms with Crippen molar-refractivity contribution in [3.63, 3.8) is 0 Å². The number of halogens is 3. The van der Waals surface area contributed by atoms with Crippen LogP contribution in [0, 0.1) is 0 Å². The van der Waals surface area contributed by atoms with Crippen LogP contribution in [-0.4, -0.2) is 44.3 Å². The van der Waals surface area contributed by atoms with E-state index in [0.29, 0.717) is 13.1 Å². The number of benzene rings is 1. The Kier molecular flexibility index (Phi) is 6.48. The second-order valence-corrected chi connectivity index (χ2v) is 9.25. The lowest BCUT2D eigenvalue weighted by Crippen LogP contribution is -2.29. The molecule has 2 aromatic rings. The third-order valence-corrected chi connectivity index (χ3v) is 7.29. The monoisotopic (exact) mass is 462 g/mol. The van der Waals surface area contributed by atoms with Crippen LogP contribution in [0.2, 0.25) is 0 Å². The van der Waals surface area contributed by atoms with Crippen molar-refractivity contribution in [2.75, 3.05) is 25.0 Å². The minimum absolute atomic E-state index is 0.0949. The first kappa shape index (κ1) is 22.2. The normalized spacial score (nSPS) is 15.2. The number of esters is 1. The standard InChI is InChI=1S/C18H17F3N2O5S2/c19-18(20,21)12-3-5-13(6-4-12)22-15(24)11-28-17(25)16-14(7-10-29-16)30(26,27)23-8-1-2-9-23/h3-7,10H,1-2,8-9,11H2,(H,22,24). The van der Waals surface area contributed by atoms with Crippen LogP contribution in [0.25, 0.3) is 0 Å². The van der Waals surface area contributed by atoms with Gasteiger partial charge < -0.3 is 10.1 Å². The number of nitrogens with zero attached hydrogens (tertiary/aromatic N) is 1. The van der Waals surface area contributed by atoms with Crippen LogP contribution in [0.3, 0.4) is 0 Å². The van der Waals surface area contributed by atoms with Crippen LogP contribution < -0.4 is 5.32 Å². The van der Waals surface area contributed by atoms with Crippen molar-refractivity contribution in [1.82, 2.24) is 4.31 Å². The van der Waals surface area contributed by atoms with E-state index in [9.17, 15) is 31.2 Å². The Morgan fingerprint density at radius 2 is 1.73 bits per heavy atom. The highest BCUT2D eigenvalue weighted by atomic mass is 32.2. The van der Waals surface area contributed by atoms with E-state index in [1.807, 2.05) is 0 Å². The first-order valence-electron chi connectivity index (χ1n) is 8.81. The smallest absolute Gasteiger partial charge is 0.416 e. The van der Waals surface area contributed by atoms with E-state index in [1.165, 1.54) is 15.8 Å². The number of anilines is 1. The van der Waals surface area contributed by atoms with Gasteiger partial charge in [-0.25, -0.2) is 13.2 Å². The molecule has 0 spiro atoms. The predicted octanol–water partition coefficient (Wildman–Crippen LogP) is 3.35. The third kappa shape index (κ3) is 4.99. The summed E-state index contributed by atoms with van der Waals surface area (Å²) < 4.78 is 69.2. The van der Waals surface area contributed by atoms with Gasteiger partial charge in [0.05, 0.1) is 5.56 Å². The molecule has 1 aromatic carbocycles. The minimum Gasteiger partial charge on any atom is -0.451 e. The fraction of sp³-hybridized carbons (Fsp3) is 0.333. The molecule has 30 heavy (non-hydrogen) atoms. The van der Waals surface area contributed by atoms with Gasteiger partial charge in [-0.15, -0.1) is 11.3 Å². The maximum absolute atomic E-state index is 12.7. The molecule has 1 fully saturated rings. The van der Waals surface area contributed by atoms with Crippen molar-refractivity contribution in [2.24, 2.45) is 0 Å². The van der Waals surface area contributed by atoms with Crippen molar-refractivity contribution in [3.8, 4) is 0 Å². The summed E-state index contributed by atoms with van der Waals surface area (Å²) in [5, 5.41) is 3.75. The van der Waals surface area contributed by atoms with Gasteiger partial charge in [0.2, 0.25) is 10.0 Å². The summed E-state index contributed by atoms with van der Waals surface area (Å²) in [6, 6.07) is 5.08. The van der Waals surface area contributed by atoms with Crippen LogP contribution in [-0.2, 0) is 25.7 Å². The molecule has 7 nitrogen and oxygen atoms in total. The molecular formula is C18H17F3N2O5S2. The average molecular weight is 462 g/mol. The molecule has 1 aromatic heterocycles. The van der Waals surface area contributed by atoms with E-state index in [0.717, 1.165) is 48.4 Å². The molecule has 1 aliphatic rings. The summed E-state index contributed by atoms with van der Waals surface area (Å²) in [6.45, 7) is 0.0331. The molecular weight excluding hydrogens is 445 g/mol. The van der Waals surface area contributed by atoms with Gasteiger partial charge in [0.1, 0.15) is 9.77 Å². The van der Waals surface area contributed by atoms with Crippen molar-refractivity contribution in [3.05, 3.63) is 46.2 Å². The molecule has 0 radical (unpaired) electrons. The SMILES string of the molecule is O=C(COC(=O)c1sccc1S(=O)(=O)N1CCCC1)Nc1ccc(C(F)(F)F)cc1. The van der Waals surface area contributed by atoms with Crippen LogP contribution >= 0.6 is 11.3 Å². The highest BCUT2D eigenvalue weighted by molar-refractivity contribution is 7.89. The Bertz CT molecular complexity index is 1030. The van der Waals surface area contributed by atoms with E-state index < -0.39 is 40.2 Å². The molecule has 1 aliphatic heterocycles. The highest BCUT2D eigenvalue weighted by Crippen LogP contribution is 2.30. The second kappa shape index (κ2) is 8.74. The van der Waals surface area contributed by atoms with Crippen molar-refractivity contribution < 1.29 is 35.9 Å². The van der Waals surface area contributed by atoms with Gasteiger partial charge in [-0.05, 0) is 48.6 Å². The summed E-state index contributed by atoms with van der Waals surface area (Å²) in [7, 11) is -3.82. The van der Waals surface area contributed by atoms with Gasteiger partial charge in [-0.2, -0.15) is 17.5 Å². The van der Waals surface area contributed by atoms with Crippen LogP contribution in [0.4, 0.5) is 18.9 Å². The Hall–Kier alpha value is -2.44. The molecule has 12 heteroatoms. The molecule has 3 rings (SSSR count). The van der Waals surface area contributed by atoms with E-state index >= 15 is 0 Å². The average Bonchev–Trinajstić information content (AvgIpc) is 3.38. The number of amides is 1. The lowest BCUT2D eigenvalue weighted by atomic mass is 10.2. The highest BCUT2D eigenvalue weighted by Gasteiger charge is 2.32. The zero-order valence-corrected chi connectivity index (χ0v) is 17.1. The zero-order valence-electron chi connectivity index (χ0n) is 15.4. The lowest BCUT2D eigenvalue weighted by molar-refractivity contribution is -0.137. The number of thiophene rings is 1. The number of hydrogen-bond acceptors (Lipinski definition) is 6. The molecule has 1 saturated heterocycles. The van der Waals surface area contributed by atoms with Gasteiger partial charge in [0.25, 0.3) is 5.91 Å². The number of carbonyl (C=O) groups is 2. The summed E-state index contributed by atoms with van der Waals surface area (Å²) in [4.78, 5) is 23.9. The Morgan fingerprint density at radius 1 is 1.10 bits per heavy atom. The fourth-order valence-electron chi connectivity index (χ4n) is 2.85. The van der Waals surface area contributed by atoms with E-state index in [-0.39, 0.29) is 15.5 Å². The van der Waals surface area contributed by atoms with Gasteiger partial charge in [0, 0.05) is 18.8 Å². The Labute approximate surface area is 174 Å². The number of ether oxygens (including phenoxy) is 1. The number of rotatable bonds is 6. The molecule has 1 N–H and O–H groups in total. The van der Waals surface area contributed by atoms with E-state index in [2.05, 4.69) is 5.32 Å². The molecule has 0 atom stereocenters. The largest absolute Gasteiger partial charge is 0.451 e. The topological polar surface area (TPSA) is 92.8 Å². The molecule has 2 heterocycles. The molecule has 162 valence electrons. The van der Waals surface area contributed by atoms with Crippen LogP contribution in [0.5, 0.6) is 0 Å². The molecule has 0 saturated carbocycles. The second-order valence-electron chi connectivity index (χ2n) is 6.42. The van der Waals surface area contributed by atoms with E-state index in [1.54, 1.807) is 0 Å². The molecule has 0 unspecified atom stereocenters. The summed E-state index contributed by atoms with van der Waals surface area (Å²) in [5.74, 6) is -1.74. The molecule has 1 amide bonds.